The molecular weight excluding hydrogens is 233 g/mol. The molecule has 0 spiro atoms. The Morgan fingerprint density at radius 3 is 2.44 bits per heavy atom. The molecule has 0 saturated carbocycles. The van der Waals surface area contributed by atoms with Gasteiger partial charge in [0.05, 0.1) is 0 Å². The van der Waals surface area contributed by atoms with Gasteiger partial charge in [-0.05, 0) is 13.0 Å². The van der Waals surface area contributed by atoms with Crippen LogP contribution in [0.2, 0.25) is 0 Å². The molecule has 0 fully saturated rings. The molecule has 0 aliphatic carbocycles. The summed E-state index contributed by atoms with van der Waals surface area (Å²) >= 11 is 0. The number of rotatable bonds is 3. The van der Waals surface area contributed by atoms with Crippen molar-refractivity contribution < 1.29 is 18.0 Å². The lowest BCUT2D eigenvalue weighted by Gasteiger charge is -2.11. The molecule has 0 saturated heterocycles. The predicted octanol–water partition coefficient (Wildman–Crippen LogP) is 1.44. The predicted molar refractivity (Wildman–Crippen MR) is 59.0 cm³/mol. The summed E-state index contributed by atoms with van der Waals surface area (Å²) in [5.74, 6) is -0.620. The van der Waals surface area contributed by atoms with Crippen molar-refractivity contribution in [1.82, 2.24) is 0 Å². The number of sulfone groups is 1. The SMILES string of the molecule is C[C@H](/C(=N\O)c1ccccc1F)S(C)(=O)=O. The van der Waals surface area contributed by atoms with Crippen molar-refractivity contribution in [2.75, 3.05) is 6.26 Å². The number of benzene rings is 1. The summed E-state index contributed by atoms with van der Waals surface area (Å²) in [7, 11) is -3.44. The summed E-state index contributed by atoms with van der Waals surface area (Å²) in [4.78, 5) is 0. The number of hydrogen-bond donors (Lipinski definition) is 1. The van der Waals surface area contributed by atoms with Gasteiger partial charge in [0.15, 0.2) is 9.84 Å². The minimum atomic E-state index is -3.44. The Labute approximate surface area is 93.3 Å². The lowest BCUT2D eigenvalue weighted by molar-refractivity contribution is 0.318. The zero-order valence-corrected chi connectivity index (χ0v) is 9.70. The number of oxime groups is 1. The van der Waals surface area contributed by atoms with Gasteiger partial charge in [0.1, 0.15) is 16.8 Å². The number of halogens is 1. The molecule has 4 nitrogen and oxygen atoms in total. The van der Waals surface area contributed by atoms with Crippen molar-refractivity contribution in [1.29, 1.82) is 0 Å². The summed E-state index contributed by atoms with van der Waals surface area (Å²) in [5, 5.41) is 10.6. The van der Waals surface area contributed by atoms with Crippen LogP contribution in [0.3, 0.4) is 0 Å². The maximum absolute atomic E-state index is 13.4. The molecule has 0 unspecified atom stereocenters. The van der Waals surface area contributed by atoms with Crippen molar-refractivity contribution in [2.45, 2.75) is 12.2 Å². The van der Waals surface area contributed by atoms with Crippen LogP contribution in [0.5, 0.6) is 0 Å². The van der Waals surface area contributed by atoms with E-state index in [1.54, 1.807) is 6.07 Å². The van der Waals surface area contributed by atoms with Crippen LogP contribution in [0.1, 0.15) is 12.5 Å². The molecule has 0 radical (unpaired) electrons. The highest BCUT2D eigenvalue weighted by atomic mass is 32.2. The van der Waals surface area contributed by atoms with Crippen LogP contribution >= 0.6 is 0 Å². The van der Waals surface area contributed by atoms with E-state index in [-0.39, 0.29) is 11.3 Å². The summed E-state index contributed by atoms with van der Waals surface area (Å²) in [6.07, 6.45) is 1.00. The van der Waals surface area contributed by atoms with Crippen LogP contribution in [-0.4, -0.2) is 30.8 Å². The molecule has 0 heterocycles. The summed E-state index contributed by atoms with van der Waals surface area (Å²) in [6.45, 7) is 1.34. The highest BCUT2D eigenvalue weighted by Crippen LogP contribution is 2.14. The monoisotopic (exact) mass is 245 g/mol. The maximum Gasteiger partial charge on any atom is 0.155 e. The van der Waals surface area contributed by atoms with E-state index < -0.39 is 20.9 Å². The topological polar surface area (TPSA) is 66.7 Å². The lowest BCUT2D eigenvalue weighted by atomic mass is 10.1. The van der Waals surface area contributed by atoms with Gasteiger partial charge in [-0.2, -0.15) is 0 Å². The van der Waals surface area contributed by atoms with Gasteiger partial charge in [-0.15, -0.1) is 0 Å². The fourth-order valence-corrected chi connectivity index (χ4v) is 1.81. The molecule has 0 amide bonds. The molecule has 0 bridgehead atoms. The highest BCUT2D eigenvalue weighted by molar-refractivity contribution is 7.92. The number of nitrogens with zero attached hydrogens (tertiary/aromatic N) is 1. The Kier molecular flexibility index (Phi) is 3.64. The van der Waals surface area contributed by atoms with Crippen LogP contribution in [-0.2, 0) is 9.84 Å². The Bertz CT molecular complexity index is 511. The lowest BCUT2D eigenvalue weighted by Crippen LogP contribution is -2.28. The van der Waals surface area contributed by atoms with Crippen molar-refractivity contribution in [3.05, 3.63) is 35.6 Å². The van der Waals surface area contributed by atoms with E-state index in [9.17, 15) is 12.8 Å². The van der Waals surface area contributed by atoms with Crippen LogP contribution in [0.15, 0.2) is 29.4 Å². The number of hydrogen-bond acceptors (Lipinski definition) is 4. The molecule has 1 aromatic carbocycles. The minimum absolute atomic E-state index is 0.0112. The third-order valence-electron chi connectivity index (χ3n) is 2.28. The van der Waals surface area contributed by atoms with E-state index in [0.29, 0.717) is 0 Å². The van der Waals surface area contributed by atoms with Crippen LogP contribution < -0.4 is 0 Å². The Morgan fingerprint density at radius 2 is 2.00 bits per heavy atom. The average molecular weight is 245 g/mol. The maximum atomic E-state index is 13.4. The summed E-state index contributed by atoms with van der Waals surface area (Å²) < 4.78 is 36.0. The van der Waals surface area contributed by atoms with Gasteiger partial charge in [-0.1, -0.05) is 23.4 Å². The quantitative estimate of drug-likeness (QED) is 0.497. The second kappa shape index (κ2) is 4.61. The van der Waals surface area contributed by atoms with Crippen molar-refractivity contribution >= 4 is 15.5 Å². The van der Waals surface area contributed by atoms with Crippen LogP contribution in [0, 0.1) is 5.82 Å². The standard InChI is InChI=1S/C10H12FNO3S/c1-7(16(2,14)15)10(12-13)8-5-3-4-6-9(8)11/h3-7,13H,1-2H3/b12-10+/t7-/m1/s1. The second-order valence-corrected chi connectivity index (χ2v) is 5.80. The molecule has 6 heteroatoms. The zero-order valence-electron chi connectivity index (χ0n) is 8.88. The fourth-order valence-electron chi connectivity index (χ4n) is 1.23. The molecule has 16 heavy (non-hydrogen) atoms. The molecule has 1 atom stereocenters. The van der Waals surface area contributed by atoms with Gasteiger partial charge in [-0.25, -0.2) is 12.8 Å². The third kappa shape index (κ3) is 2.57. The first-order valence-corrected chi connectivity index (χ1v) is 6.49. The highest BCUT2D eigenvalue weighted by Gasteiger charge is 2.25. The molecule has 1 N–H and O–H groups in total. The Morgan fingerprint density at radius 1 is 1.44 bits per heavy atom. The Hall–Kier alpha value is -1.43. The van der Waals surface area contributed by atoms with E-state index >= 15 is 0 Å². The van der Waals surface area contributed by atoms with Crippen LogP contribution in [0.25, 0.3) is 0 Å². The van der Waals surface area contributed by atoms with Crippen LogP contribution in [0.4, 0.5) is 4.39 Å². The van der Waals surface area contributed by atoms with Gasteiger partial charge < -0.3 is 5.21 Å². The Balaban J connectivity index is 3.26. The van der Waals surface area contributed by atoms with E-state index in [2.05, 4.69) is 5.16 Å². The first-order chi connectivity index (χ1) is 7.38. The third-order valence-corrected chi connectivity index (χ3v) is 3.79. The average Bonchev–Trinajstić information content (AvgIpc) is 2.20. The molecule has 1 aromatic rings. The second-order valence-electron chi connectivity index (χ2n) is 3.44. The first kappa shape index (κ1) is 12.6. The van der Waals surface area contributed by atoms with Gasteiger partial charge in [0.25, 0.3) is 0 Å². The molecule has 0 aromatic heterocycles. The molecular formula is C10H12FNO3S. The van der Waals surface area contributed by atoms with Gasteiger partial charge >= 0.3 is 0 Å². The first-order valence-electron chi connectivity index (χ1n) is 4.53. The molecule has 1 rings (SSSR count). The van der Waals surface area contributed by atoms with E-state index in [4.69, 9.17) is 5.21 Å². The largest absolute Gasteiger partial charge is 0.411 e. The van der Waals surface area contributed by atoms with Gasteiger partial charge in [0.2, 0.25) is 0 Å². The van der Waals surface area contributed by atoms with E-state index in [1.165, 1.54) is 25.1 Å². The summed E-state index contributed by atoms with van der Waals surface area (Å²) in [5.41, 5.74) is -0.205. The van der Waals surface area contributed by atoms with Crippen molar-refractivity contribution in [3.63, 3.8) is 0 Å². The minimum Gasteiger partial charge on any atom is -0.411 e. The summed E-state index contributed by atoms with van der Waals surface area (Å²) in [6, 6.07) is 5.55. The fraction of sp³-hybridized carbons (Fsp3) is 0.300. The van der Waals surface area contributed by atoms with Crippen molar-refractivity contribution in [3.8, 4) is 0 Å². The van der Waals surface area contributed by atoms with Crippen molar-refractivity contribution in [2.24, 2.45) is 5.16 Å². The zero-order chi connectivity index (χ0) is 12.3. The van der Waals surface area contributed by atoms with E-state index in [0.717, 1.165) is 6.26 Å². The van der Waals surface area contributed by atoms with Gasteiger partial charge in [0, 0.05) is 11.8 Å². The smallest absolute Gasteiger partial charge is 0.155 e. The molecule has 88 valence electrons. The normalized spacial score (nSPS) is 14.8. The molecule has 0 aliphatic heterocycles. The van der Waals surface area contributed by atoms with E-state index in [1.807, 2.05) is 0 Å². The van der Waals surface area contributed by atoms with Gasteiger partial charge in [-0.3, -0.25) is 0 Å². The molecule has 0 aliphatic rings.